The van der Waals surface area contributed by atoms with Crippen molar-refractivity contribution in [3.8, 4) is 5.75 Å². The minimum Gasteiger partial charge on any atom is -0.508 e. The van der Waals surface area contributed by atoms with Crippen molar-refractivity contribution in [2.45, 2.75) is 58.5 Å². The van der Waals surface area contributed by atoms with Gasteiger partial charge < -0.3 is 15.3 Å². The Morgan fingerprint density at radius 2 is 1.80 bits per heavy atom. The van der Waals surface area contributed by atoms with Crippen LogP contribution in [0.25, 0.3) is 0 Å². The molecule has 2 aromatic carbocycles. The van der Waals surface area contributed by atoms with Crippen molar-refractivity contribution in [2.75, 3.05) is 0 Å². The number of carbonyl (C=O) groups is 2. The summed E-state index contributed by atoms with van der Waals surface area (Å²) in [6.07, 6.45) is 0. The first-order valence-corrected chi connectivity index (χ1v) is 13.9. The molecule has 0 bridgehead atoms. The third kappa shape index (κ3) is 4.25. The number of nitrogens with one attached hydrogen (secondary N) is 1. The highest BCUT2D eigenvalue weighted by molar-refractivity contribution is 6.90. The molecule has 1 aliphatic heterocycles. The largest absolute Gasteiger partial charge is 0.508 e. The van der Waals surface area contributed by atoms with Gasteiger partial charge in [0.1, 0.15) is 11.8 Å². The molecule has 0 aliphatic carbocycles. The molecule has 1 atom stereocenters. The molecule has 0 aromatic heterocycles. The van der Waals surface area contributed by atoms with Crippen LogP contribution in [-0.4, -0.2) is 35.4 Å². The highest BCUT2D eigenvalue weighted by Crippen LogP contribution is 2.38. The van der Waals surface area contributed by atoms with Gasteiger partial charge in [-0.2, -0.15) is 0 Å². The smallest absolute Gasteiger partial charge is 0.255 e. The minimum atomic E-state index is -2.08. The first kappa shape index (κ1) is 22.4. The zero-order chi connectivity index (χ0) is 22.4. The van der Waals surface area contributed by atoms with Crippen LogP contribution in [0.2, 0.25) is 24.7 Å². The van der Waals surface area contributed by atoms with E-state index in [0.717, 1.165) is 5.56 Å². The first-order chi connectivity index (χ1) is 13.8. The summed E-state index contributed by atoms with van der Waals surface area (Å²) in [4.78, 5) is 28.5. The molecular weight excluding hydrogens is 416 g/mol. The van der Waals surface area contributed by atoms with Crippen LogP contribution in [0, 0.1) is 0 Å². The van der Waals surface area contributed by atoms with Crippen molar-refractivity contribution >= 4 is 36.7 Å². The fraction of sp³-hybridized carbons (Fsp3) is 0.391. The Labute approximate surface area is 184 Å². The molecule has 1 aliphatic rings. The number of amides is 2. The van der Waals surface area contributed by atoms with Crippen LogP contribution in [0.4, 0.5) is 0 Å². The predicted molar refractivity (Wildman–Crippen MR) is 123 cm³/mol. The lowest BCUT2D eigenvalue weighted by Crippen LogP contribution is -2.46. The Balaban J connectivity index is 2.17. The monoisotopic (exact) mass is 444 g/mol. The number of halogens is 1. The van der Waals surface area contributed by atoms with E-state index in [1.807, 2.05) is 39.0 Å². The molecule has 1 unspecified atom stereocenters. The number of benzene rings is 2. The van der Waals surface area contributed by atoms with E-state index < -0.39 is 19.7 Å². The maximum atomic E-state index is 13.6. The van der Waals surface area contributed by atoms with Crippen LogP contribution >= 0.6 is 11.6 Å². The number of phenols is 1. The third-order valence-corrected chi connectivity index (χ3v) is 7.47. The van der Waals surface area contributed by atoms with Crippen molar-refractivity contribution in [3.05, 3.63) is 58.1 Å². The van der Waals surface area contributed by atoms with Crippen LogP contribution < -0.4 is 10.5 Å². The fourth-order valence-electron chi connectivity index (χ4n) is 3.95. The molecule has 0 saturated heterocycles. The number of phenolic OH excluding ortho intramolecular Hbond substituents is 1. The average Bonchev–Trinajstić information content (AvgIpc) is 2.86. The minimum absolute atomic E-state index is 0.121. The summed E-state index contributed by atoms with van der Waals surface area (Å²) in [5.41, 5.74) is 1.43. The van der Waals surface area contributed by atoms with Gasteiger partial charge in [0.05, 0.1) is 8.07 Å². The zero-order valence-electron chi connectivity index (χ0n) is 18.3. The normalized spacial score (nSPS) is 16.6. The van der Waals surface area contributed by atoms with E-state index in [-0.39, 0.29) is 24.1 Å². The van der Waals surface area contributed by atoms with E-state index in [1.165, 1.54) is 0 Å². The highest BCUT2D eigenvalue weighted by Gasteiger charge is 2.45. The maximum absolute atomic E-state index is 13.6. The van der Waals surface area contributed by atoms with Gasteiger partial charge >= 0.3 is 0 Å². The number of hydrogen-bond donors (Lipinski definition) is 2. The van der Waals surface area contributed by atoms with Gasteiger partial charge in [-0.25, -0.2) is 0 Å². The molecule has 3 rings (SSSR count). The van der Waals surface area contributed by atoms with Crippen molar-refractivity contribution in [2.24, 2.45) is 0 Å². The van der Waals surface area contributed by atoms with E-state index in [9.17, 15) is 14.7 Å². The molecule has 5 nitrogen and oxygen atoms in total. The van der Waals surface area contributed by atoms with E-state index in [4.69, 9.17) is 11.6 Å². The third-order valence-electron chi connectivity index (χ3n) is 5.09. The lowest BCUT2D eigenvalue weighted by atomic mass is 10.0. The predicted octanol–water partition coefficient (Wildman–Crippen LogP) is 4.20. The molecule has 1 heterocycles. The molecular formula is C23H29ClN2O3Si. The standard InChI is InChI=1S/C23H29ClN2O3Si/c1-23(2,3)25-21(28)19-15-11-12-17(27)20(30(4,5)6)18(15)22(29)26(19)13-14-9-7-8-10-16(14)24/h7-12,19,27H,13H2,1-6H3,(H,25,28). The van der Waals surface area contributed by atoms with Gasteiger partial charge in [0, 0.05) is 22.7 Å². The molecule has 0 fully saturated rings. The number of nitrogens with zero attached hydrogens (tertiary/aromatic N) is 1. The Hall–Kier alpha value is -2.31. The summed E-state index contributed by atoms with van der Waals surface area (Å²) in [7, 11) is -2.08. The van der Waals surface area contributed by atoms with Gasteiger partial charge in [-0.15, -0.1) is 0 Å². The number of rotatable bonds is 4. The van der Waals surface area contributed by atoms with Crippen molar-refractivity contribution in [1.29, 1.82) is 0 Å². The molecule has 2 aromatic rings. The van der Waals surface area contributed by atoms with Crippen molar-refractivity contribution < 1.29 is 14.7 Å². The molecule has 0 spiro atoms. The molecule has 7 heteroatoms. The number of fused-ring (bicyclic) bond motifs is 1. The second-order valence-electron chi connectivity index (χ2n) is 9.84. The SMILES string of the molecule is CC(C)(C)NC(=O)C1c2ccc(O)c([Si](C)(C)C)c2C(=O)N1Cc1ccccc1Cl. The Morgan fingerprint density at radius 1 is 1.17 bits per heavy atom. The average molecular weight is 445 g/mol. The summed E-state index contributed by atoms with van der Waals surface area (Å²) in [5, 5.41) is 14.9. The van der Waals surface area contributed by atoms with Gasteiger partial charge in [-0.1, -0.05) is 55.5 Å². The van der Waals surface area contributed by atoms with Crippen LogP contribution in [-0.2, 0) is 11.3 Å². The molecule has 160 valence electrons. The van der Waals surface area contributed by atoms with E-state index in [2.05, 4.69) is 25.0 Å². The lowest BCUT2D eigenvalue weighted by Gasteiger charge is -2.29. The van der Waals surface area contributed by atoms with Gasteiger partial charge in [-0.05, 0) is 49.2 Å². The van der Waals surface area contributed by atoms with E-state index in [1.54, 1.807) is 23.1 Å². The van der Waals surface area contributed by atoms with Crippen LogP contribution in [0.15, 0.2) is 36.4 Å². The highest BCUT2D eigenvalue weighted by atomic mass is 35.5. The quantitative estimate of drug-likeness (QED) is 0.694. The molecule has 0 saturated carbocycles. The first-order valence-electron chi connectivity index (χ1n) is 10.0. The van der Waals surface area contributed by atoms with Crippen molar-refractivity contribution in [1.82, 2.24) is 10.2 Å². The fourth-order valence-corrected chi connectivity index (χ4v) is 6.00. The Kier molecular flexibility index (Phi) is 5.77. The van der Waals surface area contributed by atoms with Gasteiger partial charge in [0.15, 0.2) is 0 Å². The van der Waals surface area contributed by atoms with Crippen molar-refractivity contribution in [3.63, 3.8) is 0 Å². The second kappa shape index (κ2) is 7.74. The summed E-state index contributed by atoms with van der Waals surface area (Å²) in [5.74, 6) is -0.364. The van der Waals surface area contributed by atoms with Crippen LogP contribution in [0.1, 0.15) is 48.3 Å². The molecule has 0 radical (unpaired) electrons. The number of aromatic hydroxyl groups is 1. The van der Waals surface area contributed by atoms with Crippen LogP contribution in [0.5, 0.6) is 5.75 Å². The summed E-state index contributed by atoms with van der Waals surface area (Å²) in [6, 6.07) is 9.85. The number of carbonyl (C=O) groups excluding carboxylic acids is 2. The number of hydrogen-bond acceptors (Lipinski definition) is 3. The van der Waals surface area contributed by atoms with Gasteiger partial charge in [0.25, 0.3) is 5.91 Å². The van der Waals surface area contributed by atoms with E-state index >= 15 is 0 Å². The molecule has 2 N–H and O–H groups in total. The maximum Gasteiger partial charge on any atom is 0.255 e. The van der Waals surface area contributed by atoms with Gasteiger partial charge in [-0.3, -0.25) is 9.59 Å². The second-order valence-corrected chi connectivity index (χ2v) is 15.2. The van der Waals surface area contributed by atoms with E-state index in [0.29, 0.717) is 21.3 Å². The summed E-state index contributed by atoms with van der Waals surface area (Å²) < 4.78 is 0. The Morgan fingerprint density at radius 3 is 2.37 bits per heavy atom. The molecule has 30 heavy (non-hydrogen) atoms. The topological polar surface area (TPSA) is 69.6 Å². The van der Waals surface area contributed by atoms with Crippen LogP contribution in [0.3, 0.4) is 0 Å². The molecule has 2 amide bonds. The Bertz CT molecular complexity index is 1010. The van der Waals surface area contributed by atoms with Gasteiger partial charge in [0.2, 0.25) is 5.91 Å². The summed E-state index contributed by atoms with van der Waals surface area (Å²) in [6.45, 7) is 12.2. The zero-order valence-corrected chi connectivity index (χ0v) is 20.1. The summed E-state index contributed by atoms with van der Waals surface area (Å²) >= 11 is 6.35. The lowest BCUT2D eigenvalue weighted by molar-refractivity contribution is -0.127.